The summed E-state index contributed by atoms with van der Waals surface area (Å²) in [5.74, 6) is 2.27. The number of rotatable bonds is 13. The standard InChI is InChI=1S/C33H24OS.C33H22OS.C32H22OS.C22H14S.C12H12O.C4H6O2/c2*1-34-29-20-23-10-3-2-9-22(23)18-25(29)14-15-26-19-24-11-5-7-13-28(24)32-31-27-12-6-4-8-21(27)16-17-30(31)35-33(26)32;33-28-19-22-9-2-1-8-21(22)17-24(28)13-14-25-18-23-10-4-6-12-27(23)31-30-26-11-5-3-7-20(26)15-16-29(30)34-32(25)31;1-2-14-13-16-8-4-6-10-18(16)21-20-17-9-5-3-7-15(17)11-12-19(20)23-22(14)21;1-9-7-10-5-3-4-6-11(10)8-12(9)13-2;1-3(2)4(5)6/h2-13,16-20H,14-15H2,1H3;2-20H,1H3;1-12,15-19,33H,13-14H2;2-13H,1H2;3-8H,1-2H3;1H2,2H3,(H,5,6)/b;15-14+;;;;. The molecule has 6 nitrogen and oxygen atoms in total. The number of hydrogen-bond donors (Lipinski definition) is 2. The Morgan fingerprint density at radius 1 is 0.267 bits per heavy atom. The Morgan fingerprint density at radius 3 is 0.884 bits per heavy atom. The molecule has 0 unspecified atom stereocenters. The highest BCUT2D eigenvalue weighted by molar-refractivity contribution is 7.28. The van der Waals surface area contributed by atoms with Gasteiger partial charge in [0, 0.05) is 91.8 Å². The van der Waals surface area contributed by atoms with E-state index in [1.807, 2.05) is 81.8 Å². The molecule has 28 rings (SSSR count). The summed E-state index contributed by atoms with van der Waals surface area (Å²) in [6, 6.07) is 148. The van der Waals surface area contributed by atoms with Gasteiger partial charge in [0.15, 0.2) is 0 Å². The zero-order valence-corrected chi connectivity index (χ0v) is 84.7. The van der Waals surface area contributed by atoms with Gasteiger partial charge >= 0.3 is 5.97 Å². The summed E-state index contributed by atoms with van der Waals surface area (Å²) in [7, 11) is 5.23. The average Bonchev–Trinajstić information content (AvgIpc) is 1.58. The number of aryl methyl sites for hydroxylation is 5. The number of ether oxygens (including phenoxy) is 3. The number of thiophene rings is 4. The van der Waals surface area contributed by atoms with Gasteiger partial charge in [-0.1, -0.05) is 347 Å². The fourth-order valence-electron chi connectivity index (χ4n) is 21.3. The third-order valence-corrected chi connectivity index (χ3v) is 33.3. The van der Waals surface area contributed by atoms with Crippen LogP contribution in [-0.4, -0.2) is 37.5 Å². The Hall–Kier alpha value is -16.8. The van der Waals surface area contributed by atoms with Gasteiger partial charge in [-0.2, -0.15) is 0 Å². The molecule has 10 heteroatoms. The van der Waals surface area contributed by atoms with E-state index in [-0.39, 0.29) is 5.57 Å². The number of carboxylic acid groups (broad SMARTS) is 1. The summed E-state index contributed by atoms with van der Waals surface area (Å²) in [4.78, 5) is 9.60. The largest absolute Gasteiger partial charge is 0.508 e. The van der Waals surface area contributed by atoms with Crippen molar-refractivity contribution < 1.29 is 29.2 Å². The molecule has 24 aromatic carbocycles. The van der Waals surface area contributed by atoms with Gasteiger partial charge in [-0.3, -0.25) is 0 Å². The normalized spacial score (nSPS) is 11.5. The molecule has 2 N–H and O–H groups in total. The predicted molar refractivity (Wildman–Crippen MR) is 636 cm³/mol. The number of phenols is 1. The molecule has 4 aromatic heterocycles. The van der Waals surface area contributed by atoms with Gasteiger partial charge in [0.2, 0.25) is 0 Å². The minimum atomic E-state index is -0.935. The lowest BCUT2D eigenvalue weighted by atomic mass is 9.94. The van der Waals surface area contributed by atoms with Crippen molar-refractivity contribution in [3.8, 4) is 23.0 Å². The van der Waals surface area contributed by atoms with Crippen LogP contribution < -0.4 is 14.2 Å². The number of carboxylic acids is 1. The van der Waals surface area contributed by atoms with Crippen LogP contribution in [0.3, 0.4) is 0 Å². The predicted octanol–water partition coefficient (Wildman–Crippen LogP) is 38.8. The number of carbonyl (C=O) groups is 1. The molecular formula is C136H100O6S4. The molecule has 28 aromatic rings. The lowest BCUT2D eigenvalue weighted by Gasteiger charge is -2.12. The molecule has 0 spiro atoms. The fourth-order valence-corrected chi connectivity index (χ4v) is 26.4. The first kappa shape index (κ1) is 92.9. The molecule has 0 bridgehead atoms. The topological polar surface area (TPSA) is 85.2 Å². The van der Waals surface area contributed by atoms with Crippen molar-refractivity contribution in [1.82, 2.24) is 0 Å². The number of fused-ring (bicyclic) bond motifs is 32. The lowest BCUT2D eigenvalue weighted by Crippen LogP contribution is -1.96. The van der Waals surface area contributed by atoms with Gasteiger partial charge in [-0.25, -0.2) is 4.79 Å². The number of phenolic OH excluding ortho intramolecular Hbond substituents is 1. The van der Waals surface area contributed by atoms with Crippen molar-refractivity contribution in [3.05, 3.63) is 476 Å². The van der Waals surface area contributed by atoms with Crippen molar-refractivity contribution in [3.63, 3.8) is 0 Å². The lowest BCUT2D eigenvalue weighted by molar-refractivity contribution is -0.132. The summed E-state index contributed by atoms with van der Waals surface area (Å²) in [5, 5.41) is 60.1. The number of hydrogen-bond acceptors (Lipinski definition) is 9. The van der Waals surface area contributed by atoms with E-state index in [0.29, 0.717) is 5.75 Å². The van der Waals surface area contributed by atoms with Crippen LogP contribution in [0.25, 0.3) is 228 Å². The highest BCUT2D eigenvalue weighted by Crippen LogP contribution is 2.51. The maximum absolute atomic E-state index is 10.7. The summed E-state index contributed by atoms with van der Waals surface area (Å²) in [6.45, 7) is 10.7. The van der Waals surface area contributed by atoms with E-state index >= 15 is 0 Å². The monoisotopic (exact) mass is 1960 g/mol. The van der Waals surface area contributed by atoms with Crippen LogP contribution in [-0.2, 0) is 30.5 Å². The highest BCUT2D eigenvalue weighted by atomic mass is 32.1. The second-order valence-electron chi connectivity index (χ2n) is 37.3. The Balaban J connectivity index is 0.000000102. The molecule has 704 valence electrons. The van der Waals surface area contributed by atoms with E-state index in [0.717, 1.165) is 59.4 Å². The molecule has 0 atom stereocenters. The summed E-state index contributed by atoms with van der Waals surface area (Å²) < 4.78 is 27.6. The fraction of sp³-hybridized carbons (Fsp3) is 0.0662. The Bertz CT molecular complexity index is 10100. The summed E-state index contributed by atoms with van der Waals surface area (Å²) in [5.41, 5.74) is 9.94. The van der Waals surface area contributed by atoms with Crippen molar-refractivity contribution in [2.24, 2.45) is 0 Å². The molecule has 0 aliphatic carbocycles. The van der Waals surface area contributed by atoms with Gasteiger partial charge in [0.25, 0.3) is 0 Å². The average molecular weight is 1960 g/mol. The van der Waals surface area contributed by atoms with Crippen molar-refractivity contribution in [2.45, 2.75) is 39.5 Å². The maximum atomic E-state index is 10.7. The first-order valence-corrected chi connectivity index (χ1v) is 52.5. The number of aromatic hydroxyl groups is 1. The quantitative estimate of drug-likeness (QED) is 0.0884. The van der Waals surface area contributed by atoms with Crippen LogP contribution in [0.2, 0.25) is 0 Å². The van der Waals surface area contributed by atoms with Crippen LogP contribution in [0.5, 0.6) is 23.0 Å². The molecule has 0 radical (unpaired) electrons. The molecule has 146 heavy (non-hydrogen) atoms. The van der Waals surface area contributed by atoms with Gasteiger partial charge in [-0.05, 0) is 305 Å². The smallest absolute Gasteiger partial charge is 0.330 e. The van der Waals surface area contributed by atoms with Crippen LogP contribution in [0.4, 0.5) is 0 Å². The molecule has 0 saturated heterocycles. The molecule has 0 amide bonds. The van der Waals surface area contributed by atoms with Gasteiger partial charge in [-0.15, -0.1) is 45.3 Å². The third-order valence-electron chi connectivity index (χ3n) is 28.4. The molecule has 4 heterocycles. The van der Waals surface area contributed by atoms with Gasteiger partial charge in [0.1, 0.15) is 23.0 Å². The number of methoxy groups -OCH3 is 3. The highest BCUT2D eigenvalue weighted by Gasteiger charge is 2.23. The van der Waals surface area contributed by atoms with E-state index in [1.54, 1.807) is 21.3 Å². The third kappa shape index (κ3) is 17.7. The van der Waals surface area contributed by atoms with E-state index in [1.165, 1.54) is 245 Å². The molecule has 0 aliphatic rings. The zero-order chi connectivity index (χ0) is 99.2. The van der Waals surface area contributed by atoms with Crippen molar-refractivity contribution in [1.29, 1.82) is 0 Å². The Morgan fingerprint density at radius 2 is 0.514 bits per heavy atom. The minimum absolute atomic E-state index is 0.176. The Kier molecular flexibility index (Phi) is 25.5. The Labute approximate surface area is 861 Å². The molecular weight excluding hydrogens is 1860 g/mol. The number of aliphatic carboxylic acids is 1. The minimum Gasteiger partial charge on any atom is -0.508 e. The van der Waals surface area contributed by atoms with E-state index in [4.69, 9.17) is 19.3 Å². The molecule has 0 aliphatic heterocycles. The number of benzene rings is 24. The SMILES string of the molecule is C=C(C)C(=O)O.C=Cc1cc2ccccc2c2c1sc1ccc3ccccc3c12.COc1cc2ccccc2cc1/C=C/c1cc2ccccc2c2c1sc1ccc3ccccc3c12.COc1cc2ccccc2cc1C.COc1cc2ccccc2cc1CCc1cc2ccccc2c2c1sc1ccc3ccccc3c12.Oc1cc2ccccc2cc1CCc1cc2ccccc2c2c1sc1ccc3ccccc3c12. The second-order valence-corrected chi connectivity index (χ2v) is 41.5. The van der Waals surface area contributed by atoms with E-state index in [9.17, 15) is 9.90 Å². The van der Waals surface area contributed by atoms with E-state index in [2.05, 4.69) is 414 Å². The van der Waals surface area contributed by atoms with Crippen molar-refractivity contribution >= 4 is 280 Å². The first-order valence-electron chi connectivity index (χ1n) is 49.2. The summed E-state index contributed by atoms with van der Waals surface area (Å²) >= 11 is 7.59. The van der Waals surface area contributed by atoms with Crippen LogP contribution in [0, 0.1) is 6.92 Å². The van der Waals surface area contributed by atoms with Gasteiger partial charge < -0.3 is 24.4 Å². The second kappa shape index (κ2) is 40.2. The van der Waals surface area contributed by atoms with Crippen molar-refractivity contribution in [2.75, 3.05) is 21.3 Å². The molecule has 0 fully saturated rings. The van der Waals surface area contributed by atoms with Crippen LogP contribution in [0.1, 0.15) is 51.4 Å². The van der Waals surface area contributed by atoms with E-state index < -0.39 is 5.97 Å². The van der Waals surface area contributed by atoms with Gasteiger partial charge in [0.05, 0.1) is 21.3 Å². The zero-order valence-electron chi connectivity index (χ0n) is 81.4. The summed E-state index contributed by atoms with van der Waals surface area (Å²) in [6.07, 6.45) is 10.0. The maximum Gasteiger partial charge on any atom is 0.330 e. The van der Waals surface area contributed by atoms with Crippen LogP contribution >= 0.6 is 45.3 Å². The van der Waals surface area contributed by atoms with Crippen LogP contribution in [0.15, 0.2) is 431 Å². The first-order chi connectivity index (χ1) is 71.7. The molecule has 0 saturated carbocycles.